The largest absolute Gasteiger partial charge is 0.335 e. The average molecular weight is 368 g/mol. The maximum Gasteiger partial charge on any atom is 0.320 e. The number of benzene rings is 1. The first-order valence-electron chi connectivity index (χ1n) is 9.40. The fourth-order valence-corrected chi connectivity index (χ4v) is 3.15. The molecule has 2 heterocycles. The first-order valence-corrected chi connectivity index (χ1v) is 9.40. The van der Waals surface area contributed by atoms with Crippen LogP contribution in [0.3, 0.4) is 0 Å². The van der Waals surface area contributed by atoms with Crippen molar-refractivity contribution in [1.29, 1.82) is 0 Å². The van der Waals surface area contributed by atoms with Crippen molar-refractivity contribution in [2.24, 2.45) is 0 Å². The first kappa shape index (κ1) is 17.5. The predicted octanol–water partition coefficient (Wildman–Crippen LogP) is 2.18. The number of hydrogen-bond acceptors (Lipinski definition) is 4. The molecule has 4 N–H and O–H groups in total. The molecule has 1 saturated carbocycles. The Morgan fingerprint density at radius 3 is 2.78 bits per heavy atom. The van der Waals surface area contributed by atoms with Gasteiger partial charge in [-0.25, -0.2) is 9.48 Å². The number of anilines is 1. The fourth-order valence-electron chi connectivity index (χ4n) is 3.15. The predicted molar refractivity (Wildman–Crippen MR) is 102 cm³/mol. The third kappa shape index (κ3) is 4.11. The van der Waals surface area contributed by atoms with Crippen LogP contribution in [0.15, 0.2) is 36.4 Å². The Hall–Kier alpha value is -2.87. The second-order valence-electron chi connectivity index (χ2n) is 7.04. The van der Waals surface area contributed by atoms with E-state index in [-0.39, 0.29) is 24.0 Å². The SMILES string of the molecule is CCC1CC(=O)NC(n2nc(-c3ccccc3)cc2NC(=O)NC2CC2)N1. The van der Waals surface area contributed by atoms with E-state index in [2.05, 4.69) is 26.4 Å². The molecule has 27 heavy (non-hydrogen) atoms. The number of urea groups is 1. The first-order chi connectivity index (χ1) is 13.1. The number of nitrogens with one attached hydrogen (secondary N) is 4. The summed E-state index contributed by atoms with van der Waals surface area (Å²) in [4.78, 5) is 24.3. The van der Waals surface area contributed by atoms with Crippen molar-refractivity contribution < 1.29 is 9.59 Å². The van der Waals surface area contributed by atoms with Crippen LogP contribution in [0, 0.1) is 0 Å². The lowest BCUT2D eigenvalue weighted by Gasteiger charge is -2.31. The molecule has 1 saturated heterocycles. The van der Waals surface area contributed by atoms with E-state index >= 15 is 0 Å². The van der Waals surface area contributed by atoms with Crippen LogP contribution in [0.25, 0.3) is 11.3 Å². The number of nitrogens with zero attached hydrogens (tertiary/aromatic N) is 2. The maximum atomic E-state index is 12.3. The summed E-state index contributed by atoms with van der Waals surface area (Å²) in [5.41, 5.74) is 1.67. The van der Waals surface area contributed by atoms with Gasteiger partial charge < -0.3 is 10.6 Å². The topological polar surface area (TPSA) is 100 Å². The van der Waals surface area contributed by atoms with Gasteiger partial charge in [0.25, 0.3) is 0 Å². The molecule has 2 aromatic rings. The Kier molecular flexibility index (Phi) is 4.81. The molecule has 1 aromatic carbocycles. The van der Waals surface area contributed by atoms with Crippen molar-refractivity contribution in [3.8, 4) is 11.3 Å². The van der Waals surface area contributed by atoms with Gasteiger partial charge in [-0.3, -0.25) is 15.4 Å². The average Bonchev–Trinajstić information content (AvgIpc) is 3.38. The van der Waals surface area contributed by atoms with Crippen LogP contribution in [-0.4, -0.2) is 33.8 Å². The van der Waals surface area contributed by atoms with E-state index in [0.717, 1.165) is 30.5 Å². The molecular formula is C19H24N6O2. The summed E-state index contributed by atoms with van der Waals surface area (Å²) in [5, 5.41) is 16.7. The fraction of sp³-hybridized carbons (Fsp3) is 0.421. The highest BCUT2D eigenvalue weighted by Crippen LogP contribution is 2.25. The minimum Gasteiger partial charge on any atom is -0.335 e. The molecule has 1 aromatic heterocycles. The van der Waals surface area contributed by atoms with Crippen LogP contribution in [-0.2, 0) is 4.79 Å². The third-order valence-corrected chi connectivity index (χ3v) is 4.82. The Bertz CT molecular complexity index is 830. The van der Waals surface area contributed by atoms with Gasteiger partial charge in [0, 0.05) is 30.1 Å². The van der Waals surface area contributed by atoms with Crippen molar-refractivity contribution in [3.63, 3.8) is 0 Å². The van der Waals surface area contributed by atoms with Crippen LogP contribution in [0.4, 0.5) is 10.6 Å². The molecule has 2 atom stereocenters. The summed E-state index contributed by atoms with van der Waals surface area (Å²) in [6, 6.07) is 11.6. The third-order valence-electron chi connectivity index (χ3n) is 4.82. The summed E-state index contributed by atoms with van der Waals surface area (Å²) in [6.07, 6.45) is 2.79. The lowest BCUT2D eigenvalue weighted by Crippen LogP contribution is -2.53. The number of carbonyl (C=O) groups excluding carboxylic acids is 2. The van der Waals surface area contributed by atoms with E-state index in [1.165, 1.54) is 0 Å². The van der Waals surface area contributed by atoms with Crippen LogP contribution < -0.4 is 21.3 Å². The summed E-state index contributed by atoms with van der Waals surface area (Å²) in [7, 11) is 0. The Labute approximate surface area is 157 Å². The zero-order valence-corrected chi connectivity index (χ0v) is 15.2. The van der Waals surface area contributed by atoms with Crippen LogP contribution in [0.1, 0.15) is 38.9 Å². The Morgan fingerprint density at radius 2 is 2.07 bits per heavy atom. The highest BCUT2D eigenvalue weighted by atomic mass is 16.2. The van der Waals surface area contributed by atoms with Gasteiger partial charge in [0.1, 0.15) is 5.82 Å². The molecule has 3 amide bonds. The zero-order chi connectivity index (χ0) is 18.8. The lowest BCUT2D eigenvalue weighted by molar-refractivity contribution is -0.125. The molecule has 1 aliphatic carbocycles. The number of rotatable bonds is 5. The second kappa shape index (κ2) is 7.40. The van der Waals surface area contributed by atoms with Gasteiger partial charge in [0.2, 0.25) is 5.91 Å². The van der Waals surface area contributed by atoms with E-state index < -0.39 is 6.29 Å². The highest BCUT2D eigenvalue weighted by molar-refractivity contribution is 5.89. The van der Waals surface area contributed by atoms with Crippen molar-refractivity contribution in [1.82, 2.24) is 25.7 Å². The quantitative estimate of drug-likeness (QED) is 0.650. The molecule has 0 spiro atoms. The second-order valence-corrected chi connectivity index (χ2v) is 7.04. The molecule has 4 rings (SSSR count). The van der Waals surface area contributed by atoms with Gasteiger partial charge in [0.15, 0.2) is 6.29 Å². The van der Waals surface area contributed by atoms with E-state index in [0.29, 0.717) is 12.2 Å². The van der Waals surface area contributed by atoms with Crippen molar-refractivity contribution in [2.45, 2.75) is 51.0 Å². The molecule has 8 nitrogen and oxygen atoms in total. The van der Waals surface area contributed by atoms with Gasteiger partial charge in [-0.05, 0) is 19.3 Å². The van der Waals surface area contributed by atoms with Gasteiger partial charge >= 0.3 is 6.03 Å². The lowest BCUT2D eigenvalue weighted by atomic mass is 10.1. The van der Waals surface area contributed by atoms with Gasteiger partial charge in [0.05, 0.1) is 5.69 Å². The molecule has 0 bridgehead atoms. The van der Waals surface area contributed by atoms with Crippen molar-refractivity contribution in [3.05, 3.63) is 36.4 Å². The molecule has 2 unspecified atom stereocenters. The Morgan fingerprint density at radius 1 is 1.30 bits per heavy atom. The Balaban J connectivity index is 1.63. The van der Waals surface area contributed by atoms with E-state index in [1.807, 2.05) is 43.3 Å². The van der Waals surface area contributed by atoms with Gasteiger partial charge in [-0.2, -0.15) is 5.10 Å². The highest BCUT2D eigenvalue weighted by Gasteiger charge is 2.29. The van der Waals surface area contributed by atoms with Crippen LogP contribution in [0.2, 0.25) is 0 Å². The van der Waals surface area contributed by atoms with Crippen molar-refractivity contribution in [2.75, 3.05) is 5.32 Å². The number of carbonyl (C=O) groups is 2. The molecule has 1 aliphatic heterocycles. The monoisotopic (exact) mass is 368 g/mol. The maximum absolute atomic E-state index is 12.3. The summed E-state index contributed by atoms with van der Waals surface area (Å²) < 4.78 is 1.63. The molecule has 8 heteroatoms. The number of aromatic nitrogens is 2. The molecule has 2 fully saturated rings. The van der Waals surface area contributed by atoms with Crippen LogP contribution in [0.5, 0.6) is 0 Å². The summed E-state index contributed by atoms with van der Waals surface area (Å²) in [5.74, 6) is 0.497. The zero-order valence-electron chi connectivity index (χ0n) is 15.2. The molecule has 142 valence electrons. The van der Waals surface area contributed by atoms with E-state index in [4.69, 9.17) is 0 Å². The smallest absolute Gasteiger partial charge is 0.320 e. The van der Waals surface area contributed by atoms with E-state index in [1.54, 1.807) is 4.68 Å². The van der Waals surface area contributed by atoms with Crippen LogP contribution >= 0.6 is 0 Å². The molecule has 0 radical (unpaired) electrons. The summed E-state index contributed by atoms with van der Waals surface area (Å²) in [6.45, 7) is 2.04. The minimum absolute atomic E-state index is 0.0317. The van der Waals surface area contributed by atoms with E-state index in [9.17, 15) is 9.59 Å². The summed E-state index contributed by atoms with van der Waals surface area (Å²) >= 11 is 0. The minimum atomic E-state index is -0.509. The normalized spacial score (nSPS) is 22.2. The van der Waals surface area contributed by atoms with Gasteiger partial charge in [-0.15, -0.1) is 0 Å². The molecule has 2 aliphatic rings. The van der Waals surface area contributed by atoms with Crippen molar-refractivity contribution >= 4 is 17.8 Å². The number of hydrogen-bond donors (Lipinski definition) is 4. The standard InChI is InChI=1S/C19H24N6O2/c1-2-13-10-17(26)23-18(20-13)25-16(22-19(27)21-14-8-9-14)11-15(24-25)12-6-4-3-5-7-12/h3-7,11,13-14,18,20H,2,8-10H2,1H3,(H,23,26)(H2,21,22,27). The molecular weight excluding hydrogens is 344 g/mol. The number of amides is 3. The van der Waals surface area contributed by atoms with Gasteiger partial charge in [-0.1, -0.05) is 37.3 Å².